The number of benzene rings is 2. The predicted molar refractivity (Wildman–Crippen MR) is 80.6 cm³/mol. The van der Waals surface area contributed by atoms with Crippen molar-refractivity contribution in [3.05, 3.63) is 60.0 Å². The normalized spacial score (nSPS) is 10.7. The van der Waals surface area contributed by atoms with E-state index < -0.39 is 0 Å². The van der Waals surface area contributed by atoms with Crippen molar-refractivity contribution in [2.24, 2.45) is 0 Å². The minimum Gasteiger partial charge on any atom is -0.399 e. The van der Waals surface area contributed by atoms with Gasteiger partial charge in [0.05, 0.1) is 5.52 Å². The van der Waals surface area contributed by atoms with Gasteiger partial charge in [0.1, 0.15) is 5.82 Å². The molecule has 0 spiro atoms. The molecule has 20 heavy (non-hydrogen) atoms. The summed E-state index contributed by atoms with van der Waals surface area (Å²) in [6.07, 6.45) is 0. The Labute approximate surface area is 116 Å². The highest BCUT2D eigenvalue weighted by Gasteiger charge is 2.05. The number of rotatable bonds is 2. The van der Waals surface area contributed by atoms with Crippen LogP contribution >= 0.6 is 0 Å². The van der Waals surface area contributed by atoms with Gasteiger partial charge in [-0.05, 0) is 55.5 Å². The zero-order valence-electron chi connectivity index (χ0n) is 11.0. The number of aryl methyl sites for hydroxylation is 1. The maximum atomic E-state index is 12.9. The third-order valence-corrected chi connectivity index (χ3v) is 3.08. The van der Waals surface area contributed by atoms with E-state index >= 15 is 0 Å². The second kappa shape index (κ2) is 4.81. The Hall–Kier alpha value is -2.62. The molecule has 3 N–H and O–H groups in total. The minimum atomic E-state index is -0.254. The topological polar surface area (TPSA) is 50.9 Å². The molecular weight excluding hydrogens is 253 g/mol. The van der Waals surface area contributed by atoms with Crippen molar-refractivity contribution in [1.82, 2.24) is 4.98 Å². The van der Waals surface area contributed by atoms with Gasteiger partial charge in [0.25, 0.3) is 0 Å². The summed E-state index contributed by atoms with van der Waals surface area (Å²) in [7, 11) is 0. The maximum Gasteiger partial charge on any atom is 0.123 e. The number of nitrogens with one attached hydrogen (secondary N) is 1. The Bertz CT molecular complexity index is 767. The number of hydrogen-bond acceptors (Lipinski definition) is 3. The number of hydrogen-bond donors (Lipinski definition) is 2. The lowest BCUT2D eigenvalue weighted by atomic mass is 10.1. The first-order valence-electron chi connectivity index (χ1n) is 6.31. The monoisotopic (exact) mass is 267 g/mol. The fourth-order valence-electron chi connectivity index (χ4n) is 2.17. The third kappa shape index (κ3) is 2.40. The molecule has 0 saturated carbocycles. The molecule has 0 bridgehead atoms. The van der Waals surface area contributed by atoms with Crippen LogP contribution in [0, 0.1) is 12.7 Å². The molecular formula is C16H14FN3. The van der Waals surface area contributed by atoms with E-state index in [1.54, 1.807) is 12.1 Å². The van der Waals surface area contributed by atoms with Crippen molar-refractivity contribution in [3.63, 3.8) is 0 Å². The van der Waals surface area contributed by atoms with Crippen LogP contribution in [0.5, 0.6) is 0 Å². The largest absolute Gasteiger partial charge is 0.399 e. The van der Waals surface area contributed by atoms with E-state index in [1.165, 1.54) is 12.1 Å². The van der Waals surface area contributed by atoms with Crippen molar-refractivity contribution < 1.29 is 4.39 Å². The second-order valence-electron chi connectivity index (χ2n) is 4.72. The van der Waals surface area contributed by atoms with E-state index in [0.29, 0.717) is 5.69 Å². The highest BCUT2D eigenvalue weighted by molar-refractivity contribution is 5.95. The number of halogens is 1. The molecule has 3 aromatic rings. The lowest BCUT2D eigenvalue weighted by molar-refractivity contribution is 0.628. The summed E-state index contributed by atoms with van der Waals surface area (Å²) in [5.74, 6) is -0.254. The third-order valence-electron chi connectivity index (χ3n) is 3.08. The lowest BCUT2D eigenvalue weighted by Gasteiger charge is -2.11. The first-order chi connectivity index (χ1) is 9.61. The van der Waals surface area contributed by atoms with Gasteiger partial charge in [-0.2, -0.15) is 0 Å². The van der Waals surface area contributed by atoms with Gasteiger partial charge in [-0.15, -0.1) is 0 Å². The van der Waals surface area contributed by atoms with Crippen LogP contribution < -0.4 is 11.1 Å². The second-order valence-corrected chi connectivity index (χ2v) is 4.72. The molecule has 3 rings (SSSR count). The van der Waals surface area contributed by atoms with Gasteiger partial charge in [-0.25, -0.2) is 4.39 Å². The summed E-state index contributed by atoms with van der Waals surface area (Å²) >= 11 is 0. The summed E-state index contributed by atoms with van der Waals surface area (Å²) < 4.78 is 12.9. The fraction of sp³-hybridized carbons (Fsp3) is 0.0625. The van der Waals surface area contributed by atoms with Crippen LogP contribution in [-0.2, 0) is 0 Å². The maximum absolute atomic E-state index is 12.9. The first kappa shape index (κ1) is 12.4. The summed E-state index contributed by atoms with van der Waals surface area (Å²) in [5.41, 5.74) is 10.0. The van der Waals surface area contributed by atoms with Gasteiger partial charge in [-0.3, -0.25) is 4.98 Å². The van der Waals surface area contributed by atoms with Crippen LogP contribution in [-0.4, -0.2) is 4.98 Å². The average molecular weight is 267 g/mol. The Morgan fingerprint density at radius 3 is 2.55 bits per heavy atom. The van der Waals surface area contributed by atoms with Crippen molar-refractivity contribution in [1.29, 1.82) is 0 Å². The van der Waals surface area contributed by atoms with Crippen LogP contribution in [0.3, 0.4) is 0 Å². The minimum absolute atomic E-state index is 0.254. The highest BCUT2D eigenvalue weighted by Crippen LogP contribution is 2.28. The lowest BCUT2D eigenvalue weighted by Crippen LogP contribution is -1.96. The fourth-order valence-corrected chi connectivity index (χ4v) is 2.17. The van der Waals surface area contributed by atoms with Gasteiger partial charge in [0.2, 0.25) is 0 Å². The van der Waals surface area contributed by atoms with Crippen molar-refractivity contribution >= 4 is 28.0 Å². The van der Waals surface area contributed by atoms with Gasteiger partial charge in [0, 0.05) is 28.1 Å². The summed E-state index contributed by atoms with van der Waals surface area (Å²) in [4.78, 5) is 4.48. The molecule has 4 heteroatoms. The predicted octanol–water partition coefficient (Wildman–Crippen LogP) is 4.01. The molecule has 1 aromatic heterocycles. The molecule has 2 aromatic carbocycles. The zero-order valence-corrected chi connectivity index (χ0v) is 11.0. The van der Waals surface area contributed by atoms with Crippen molar-refractivity contribution in [3.8, 4) is 0 Å². The van der Waals surface area contributed by atoms with Crippen molar-refractivity contribution in [2.45, 2.75) is 6.92 Å². The number of nitrogens with two attached hydrogens (primary N) is 1. The van der Waals surface area contributed by atoms with Crippen LogP contribution in [0.25, 0.3) is 10.9 Å². The molecule has 0 radical (unpaired) electrons. The Kier molecular flexibility index (Phi) is 2.99. The molecule has 0 aliphatic carbocycles. The molecule has 100 valence electrons. The molecule has 0 saturated heterocycles. The molecule has 0 unspecified atom stereocenters. The molecule has 0 atom stereocenters. The number of pyridine rings is 1. The van der Waals surface area contributed by atoms with E-state index in [0.717, 1.165) is 28.0 Å². The van der Waals surface area contributed by atoms with Crippen LogP contribution in [0.4, 0.5) is 21.5 Å². The van der Waals surface area contributed by atoms with E-state index in [-0.39, 0.29) is 5.82 Å². The van der Waals surface area contributed by atoms with Gasteiger partial charge in [0.15, 0.2) is 0 Å². The van der Waals surface area contributed by atoms with E-state index in [9.17, 15) is 4.39 Å². The SMILES string of the molecule is Cc1cc(Nc2ccc(F)cc2)c2cc(N)ccc2n1. The average Bonchev–Trinajstić information content (AvgIpc) is 2.42. The molecule has 0 aliphatic heterocycles. The Balaban J connectivity index is 2.10. The van der Waals surface area contributed by atoms with Crippen LogP contribution in [0.15, 0.2) is 48.5 Å². The molecule has 1 heterocycles. The van der Waals surface area contributed by atoms with Crippen LogP contribution in [0.2, 0.25) is 0 Å². The number of aromatic nitrogens is 1. The van der Waals surface area contributed by atoms with Gasteiger partial charge >= 0.3 is 0 Å². The summed E-state index contributed by atoms with van der Waals surface area (Å²) in [6.45, 7) is 1.94. The Morgan fingerprint density at radius 1 is 1.05 bits per heavy atom. The summed E-state index contributed by atoms with van der Waals surface area (Å²) in [5, 5.41) is 4.22. The first-order valence-corrected chi connectivity index (χ1v) is 6.31. The van der Waals surface area contributed by atoms with E-state index in [4.69, 9.17) is 5.73 Å². The quantitative estimate of drug-likeness (QED) is 0.690. The molecule has 0 aliphatic rings. The van der Waals surface area contributed by atoms with Crippen LogP contribution in [0.1, 0.15) is 5.69 Å². The smallest absolute Gasteiger partial charge is 0.123 e. The zero-order chi connectivity index (χ0) is 14.1. The highest BCUT2D eigenvalue weighted by atomic mass is 19.1. The Morgan fingerprint density at radius 2 is 1.80 bits per heavy atom. The van der Waals surface area contributed by atoms with Gasteiger partial charge < -0.3 is 11.1 Å². The standard InChI is InChI=1S/C16H14FN3/c1-10-8-16(20-13-5-2-11(17)3-6-13)14-9-12(18)4-7-15(14)19-10/h2-9H,18H2,1H3,(H,19,20). The van der Waals surface area contributed by atoms with E-state index in [1.807, 2.05) is 31.2 Å². The number of fused-ring (bicyclic) bond motifs is 1. The molecule has 0 fully saturated rings. The van der Waals surface area contributed by atoms with E-state index in [2.05, 4.69) is 10.3 Å². The number of anilines is 3. The number of nitrogen functional groups attached to an aromatic ring is 1. The molecule has 0 amide bonds. The van der Waals surface area contributed by atoms with Gasteiger partial charge in [-0.1, -0.05) is 0 Å². The number of nitrogens with zero attached hydrogens (tertiary/aromatic N) is 1. The van der Waals surface area contributed by atoms with Crippen molar-refractivity contribution in [2.75, 3.05) is 11.1 Å². The summed E-state index contributed by atoms with van der Waals surface area (Å²) in [6, 6.07) is 13.8. The molecule has 3 nitrogen and oxygen atoms in total.